The number of hydrogen-bond acceptors (Lipinski definition) is 5. The fourth-order valence-corrected chi connectivity index (χ4v) is 4.25. The summed E-state index contributed by atoms with van der Waals surface area (Å²) in [5.41, 5.74) is 3.03. The van der Waals surface area contributed by atoms with E-state index >= 15 is 0 Å². The predicted octanol–water partition coefficient (Wildman–Crippen LogP) is 2.10. The normalized spacial score (nSPS) is 19.9. The highest BCUT2D eigenvalue weighted by atomic mass is 16.5. The Morgan fingerprint density at radius 3 is 2.57 bits per heavy atom. The lowest BCUT2D eigenvalue weighted by Gasteiger charge is -2.35. The summed E-state index contributed by atoms with van der Waals surface area (Å²) >= 11 is 0. The van der Waals surface area contributed by atoms with Crippen molar-refractivity contribution in [1.82, 2.24) is 14.8 Å². The van der Waals surface area contributed by atoms with Gasteiger partial charge >= 0.3 is 0 Å². The standard InChI is InChI=1S/C23H28N4O3/c1-17-3-4-21(30-2)20(13-17)27-16-19(14-22(27)28)23(29)26-11-9-25(10-12-26)15-18-5-7-24-8-6-18/h3-8,13,19H,9-12,14-16H2,1-2H3. The van der Waals surface area contributed by atoms with Gasteiger partial charge in [-0.05, 0) is 42.3 Å². The first kappa shape index (κ1) is 20.3. The molecule has 2 aliphatic rings. The highest BCUT2D eigenvalue weighted by molar-refractivity contribution is 6.01. The molecule has 30 heavy (non-hydrogen) atoms. The first-order chi connectivity index (χ1) is 14.5. The molecule has 158 valence electrons. The van der Waals surface area contributed by atoms with Gasteiger partial charge in [0.1, 0.15) is 5.75 Å². The van der Waals surface area contributed by atoms with Crippen LogP contribution in [0.2, 0.25) is 0 Å². The SMILES string of the molecule is COc1ccc(C)cc1N1CC(C(=O)N2CCN(Cc3ccncc3)CC2)CC1=O. The number of methoxy groups -OCH3 is 1. The summed E-state index contributed by atoms with van der Waals surface area (Å²) < 4.78 is 5.44. The van der Waals surface area contributed by atoms with Crippen LogP contribution >= 0.6 is 0 Å². The van der Waals surface area contributed by atoms with Crippen molar-refractivity contribution in [1.29, 1.82) is 0 Å². The van der Waals surface area contributed by atoms with E-state index in [2.05, 4.69) is 9.88 Å². The molecular formula is C23H28N4O3. The maximum Gasteiger partial charge on any atom is 0.228 e. The van der Waals surface area contributed by atoms with Gasteiger partial charge in [0, 0.05) is 58.1 Å². The fourth-order valence-electron chi connectivity index (χ4n) is 4.25. The van der Waals surface area contributed by atoms with Gasteiger partial charge in [0.25, 0.3) is 0 Å². The second-order valence-electron chi connectivity index (χ2n) is 8.04. The molecule has 1 aromatic carbocycles. The smallest absolute Gasteiger partial charge is 0.228 e. The van der Waals surface area contributed by atoms with Crippen LogP contribution in [0, 0.1) is 12.8 Å². The van der Waals surface area contributed by atoms with E-state index in [-0.39, 0.29) is 24.2 Å². The van der Waals surface area contributed by atoms with Gasteiger partial charge in [-0.25, -0.2) is 0 Å². The lowest BCUT2D eigenvalue weighted by atomic mass is 10.1. The Kier molecular flexibility index (Phi) is 5.99. The molecular weight excluding hydrogens is 380 g/mol. The number of aromatic nitrogens is 1. The van der Waals surface area contributed by atoms with Crippen LogP contribution in [-0.2, 0) is 16.1 Å². The van der Waals surface area contributed by atoms with E-state index in [4.69, 9.17) is 4.74 Å². The average molecular weight is 409 g/mol. The highest BCUT2D eigenvalue weighted by Crippen LogP contribution is 2.34. The molecule has 2 fully saturated rings. The maximum atomic E-state index is 13.1. The fraction of sp³-hybridized carbons (Fsp3) is 0.435. The van der Waals surface area contributed by atoms with Gasteiger partial charge in [0.2, 0.25) is 11.8 Å². The van der Waals surface area contributed by atoms with Gasteiger partial charge in [0.15, 0.2) is 0 Å². The monoisotopic (exact) mass is 408 g/mol. The second kappa shape index (κ2) is 8.83. The van der Waals surface area contributed by atoms with Gasteiger partial charge in [-0.3, -0.25) is 19.5 Å². The summed E-state index contributed by atoms with van der Waals surface area (Å²) in [6.45, 7) is 6.33. The molecule has 7 heteroatoms. The third-order valence-electron chi connectivity index (χ3n) is 5.94. The number of carbonyl (C=O) groups excluding carboxylic acids is 2. The number of nitrogens with zero attached hydrogens (tertiary/aromatic N) is 4. The number of carbonyl (C=O) groups is 2. The van der Waals surface area contributed by atoms with Gasteiger partial charge in [0.05, 0.1) is 18.7 Å². The number of ether oxygens (including phenoxy) is 1. The molecule has 7 nitrogen and oxygen atoms in total. The van der Waals surface area contributed by atoms with Crippen molar-refractivity contribution in [2.75, 3.05) is 44.7 Å². The van der Waals surface area contributed by atoms with E-state index in [0.29, 0.717) is 25.4 Å². The number of anilines is 1. The van der Waals surface area contributed by atoms with Crippen molar-refractivity contribution < 1.29 is 14.3 Å². The van der Waals surface area contributed by atoms with Crippen LogP contribution in [0.1, 0.15) is 17.5 Å². The summed E-state index contributed by atoms with van der Waals surface area (Å²) in [5, 5.41) is 0. The number of amides is 2. The van der Waals surface area contributed by atoms with Gasteiger partial charge in [-0.2, -0.15) is 0 Å². The zero-order valence-electron chi connectivity index (χ0n) is 17.6. The van der Waals surface area contributed by atoms with E-state index in [1.165, 1.54) is 5.56 Å². The van der Waals surface area contributed by atoms with Gasteiger partial charge in [-0.1, -0.05) is 6.07 Å². The first-order valence-electron chi connectivity index (χ1n) is 10.4. The molecule has 2 aliphatic heterocycles. The largest absolute Gasteiger partial charge is 0.495 e. The van der Waals surface area contributed by atoms with E-state index < -0.39 is 0 Å². The number of aryl methyl sites for hydroxylation is 1. The Bertz CT molecular complexity index is 910. The molecule has 4 rings (SSSR count). The molecule has 0 spiro atoms. The summed E-state index contributed by atoms with van der Waals surface area (Å²) in [5.74, 6) is 0.427. The van der Waals surface area contributed by atoms with Crippen LogP contribution < -0.4 is 9.64 Å². The lowest BCUT2D eigenvalue weighted by Crippen LogP contribution is -2.50. The quantitative estimate of drug-likeness (QED) is 0.758. The van der Waals surface area contributed by atoms with E-state index in [1.807, 2.05) is 42.2 Å². The average Bonchev–Trinajstić information content (AvgIpc) is 3.16. The molecule has 0 N–H and O–H groups in total. The van der Waals surface area contributed by atoms with Crippen LogP contribution in [0.3, 0.4) is 0 Å². The Morgan fingerprint density at radius 1 is 1.13 bits per heavy atom. The zero-order chi connectivity index (χ0) is 21.1. The molecule has 0 bridgehead atoms. The molecule has 2 saturated heterocycles. The number of hydrogen-bond donors (Lipinski definition) is 0. The second-order valence-corrected chi connectivity index (χ2v) is 8.04. The van der Waals surface area contributed by atoms with Crippen molar-refractivity contribution in [3.8, 4) is 5.75 Å². The van der Waals surface area contributed by atoms with Crippen molar-refractivity contribution in [2.45, 2.75) is 19.9 Å². The lowest BCUT2D eigenvalue weighted by molar-refractivity contribution is -0.137. The van der Waals surface area contributed by atoms with Crippen molar-refractivity contribution in [3.63, 3.8) is 0 Å². The number of piperazine rings is 1. The molecule has 2 aromatic rings. The molecule has 0 aliphatic carbocycles. The third kappa shape index (κ3) is 4.31. The van der Waals surface area contributed by atoms with Gasteiger partial charge in [-0.15, -0.1) is 0 Å². The molecule has 1 aromatic heterocycles. The molecule has 3 heterocycles. The van der Waals surface area contributed by atoms with E-state index in [1.54, 1.807) is 24.4 Å². The molecule has 1 atom stereocenters. The molecule has 1 unspecified atom stereocenters. The minimum atomic E-state index is -0.297. The summed E-state index contributed by atoms with van der Waals surface area (Å²) in [4.78, 5) is 35.8. The third-order valence-corrected chi connectivity index (χ3v) is 5.94. The Hall–Kier alpha value is -2.93. The molecule has 2 amide bonds. The topological polar surface area (TPSA) is 66.0 Å². The van der Waals surface area contributed by atoms with Crippen LogP contribution in [-0.4, -0.2) is 66.4 Å². The molecule has 0 saturated carbocycles. The van der Waals surface area contributed by atoms with Crippen molar-refractivity contribution in [3.05, 3.63) is 53.9 Å². The number of benzene rings is 1. The minimum absolute atomic E-state index is 0.0198. The first-order valence-corrected chi connectivity index (χ1v) is 10.4. The summed E-state index contributed by atoms with van der Waals surface area (Å²) in [7, 11) is 1.60. The predicted molar refractivity (Wildman–Crippen MR) is 114 cm³/mol. The Balaban J connectivity index is 1.36. The van der Waals surface area contributed by atoms with Crippen LogP contribution in [0.15, 0.2) is 42.7 Å². The Labute approximate surface area is 177 Å². The van der Waals surface area contributed by atoms with Crippen molar-refractivity contribution >= 4 is 17.5 Å². The van der Waals surface area contributed by atoms with E-state index in [9.17, 15) is 9.59 Å². The number of pyridine rings is 1. The maximum absolute atomic E-state index is 13.1. The highest BCUT2D eigenvalue weighted by Gasteiger charge is 2.38. The van der Waals surface area contributed by atoms with Crippen LogP contribution in [0.5, 0.6) is 5.75 Å². The van der Waals surface area contributed by atoms with Crippen LogP contribution in [0.25, 0.3) is 0 Å². The van der Waals surface area contributed by atoms with Crippen LogP contribution in [0.4, 0.5) is 5.69 Å². The Morgan fingerprint density at radius 2 is 1.87 bits per heavy atom. The summed E-state index contributed by atoms with van der Waals surface area (Å²) in [6.07, 6.45) is 3.87. The minimum Gasteiger partial charge on any atom is -0.495 e. The van der Waals surface area contributed by atoms with Crippen molar-refractivity contribution in [2.24, 2.45) is 5.92 Å². The summed E-state index contributed by atoms with van der Waals surface area (Å²) in [6, 6.07) is 9.82. The zero-order valence-corrected chi connectivity index (χ0v) is 17.6. The molecule has 0 radical (unpaired) electrons. The van der Waals surface area contributed by atoms with Gasteiger partial charge < -0.3 is 14.5 Å². The van der Waals surface area contributed by atoms with E-state index in [0.717, 1.165) is 30.9 Å². The number of rotatable bonds is 5.